The van der Waals surface area contributed by atoms with Gasteiger partial charge in [-0.05, 0) is 38.0 Å². The first-order valence-corrected chi connectivity index (χ1v) is 5.93. The van der Waals surface area contributed by atoms with Crippen molar-refractivity contribution in [2.45, 2.75) is 33.1 Å². The van der Waals surface area contributed by atoms with Gasteiger partial charge in [-0.25, -0.2) is 0 Å². The minimum Gasteiger partial charge on any atom is -0.493 e. The zero-order valence-electron chi connectivity index (χ0n) is 10.7. The van der Waals surface area contributed by atoms with Crippen LogP contribution in [-0.4, -0.2) is 12.4 Å². The van der Waals surface area contributed by atoms with Crippen LogP contribution in [0, 0.1) is 0 Å². The molecule has 0 atom stereocenters. The summed E-state index contributed by atoms with van der Waals surface area (Å²) in [6.45, 7) is 8.11. The van der Waals surface area contributed by atoms with E-state index in [0.29, 0.717) is 13.0 Å². The smallest absolute Gasteiger partial charge is 0.130 e. The van der Waals surface area contributed by atoms with Crippen LogP contribution in [0.4, 0.5) is 0 Å². The van der Waals surface area contributed by atoms with Crippen molar-refractivity contribution in [3.05, 3.63) is 42.0 Å². The topological polar surface area (TPSA) is 26.3 Å². The van der Waals surface area contributed by atoms with E-state index in [4.69, 9.17) is 4.74 Å². The molecule has 0 aliphatic rings. The van der Waals surface area contributed by atoms with E-state index in [1.165, 1.54) is 5.56 Å². The normalized spacial score (nSPS) is 10.0. The molecule has 0 aliphatic carbocycles. The molecule has 0 amide bonds. The molecule has 17 heavy (non-hydrogen) atoms. The number of ether oxygens (including phenoxy) is 1. The average molecular weight is 232 g/mol. The van der Waals surface area contributed by atoms with Gasteiger partial charge in [-0.1, -0.05) is 17.7 Å². The van der Waals surface area contributed by atoms with Gasteiger partial charge in [-0.2, -0.15) is 0 Å². The van der Waals surface area contributed by atoms with E-state index in [1.807, 2.05) is 31.2 Å². The molecule has 2 heteroatoms. The highest BCUT2D eigenvalue weighted by atomic mass is 16.5. The molecule has 0 bridgehead atoms. The highest BCUT2D eigenvalue weighted by molar-refractivity contribution is 5.75. The highest BCUT2D eigenvalue weighted by Crippen LogP contribution is 2.14. The first-order chi connectivity index (χ1) is 8.08. The summed E-state index contributed by atoms with van der Waals surface area (Å²) in [6.07, 6.45) is 2.29. The van der Waals surface area contributed by atoms with Crippen molar-refractivity contribution in [3.8, 4) is 5.75 Å². The van der Waals surface area contributed by atoms with E-state index < -0.39 is 0 Å². The number of aryl methyl sites for hydroxylation is 1. The van der Waals surface area contributed by atoms with Gasteiger partial charge in [0.05, 0.1) is 6.61 Å². The number of Topliss-reactive ketones (excluding diaryl/α,β-unsaturated/α-hetero) is 1. The minimum atomic E-state index is 0.229. The highest BCUT2D eigenvalue weighted by Gasteiger charge is 1.98. The van der Waals surface area contributed by atoms with Gasteiger partial charge < -0.3 is 9.53 Å². The van der Waals surface area contributed by atoms with Crippen LogP contribution in [0.2, 0.25) is 0 Å². The predicted octanol–water partition coefficient (Wildman–Crippen LogP) is 3.55. The number of ketones is 1. The lowest BCUT2D eigenvalue weighted by atomic mass is 10.1. The van der Waals surface area contributed by atoms with Crippen molar-refractivity contribution in [2.75, 3.05) is 6.61 Å². The summed E-state index contributed by atoms with van der Waals surface area (Å²) < 4.78 is 5.57. The zero-order chi connectivity index (χ0) is 12.7. The van der Waals surface area contributed by atoms with Crippen molar-refractivity contribution in [1.29, 1.82) is 0 Å². The fourth-order valence-electron chi connectivity index (χ4n) is 1.42. The fourth-order valence-corrected chi connectivity index (χ4v) is 1.42. The largest absolute Gasteiger partial charge is 0.493 e. The van der Waals surface area contributed by atoms with E-state index in [9.17, 15) is 4.79 Å². The number of benzene rings is 1. The maximum atomic E-state index is 10.9. The van der Waals surface area contributed by atoms with Gasteiger partial charge in [0, 0.05) is 12.8 Å². The predicted molar refractivity (Wildman–Crippen MR) is 70.4 cm³/mol. The molecule has 1 aromatic rings. The second-order valence-corrected chi connectivity index (χ2v) is 4.40. The van der Waals surface area contributed by atoms with Crippen LogP contribution < -0.4 is 4.74 Å². The van der Waals surface area contributed by atoms with Crippen LogP contribution in [0.1, 0.15) is 32.3 Å². The van der Waals surface area contributed by atoms with Crippen LogP contribution in [0.3, 0.4) is 0 Å². The second kappa shape index (κ2) is 6.89. The summed E-state index contributed by atoms with van der Waals surface area (Å²) >= 11 is 0. The Morgan fingerprint density at radius 3 is 2.35 bits per heavy atom. The Kier molecular flexibility index (Phi) is 5.47. The van der Waals surface area contributed by atoms with Crippen molar-refractivity contribution in [1.82, 2.24) is 0 Å². The third-order valence-corrected chi connectivity index (χ3v) is 2.49. The number of hydrogen-bond acceptors (Lipinski definition) is 2. The molecule has 0 saturated carbocycles. The molecule has 92 valence electrons. The van der Waals surface area contributed by atoms with Crippen molar-refractivity contribution < 1.29 is 9.53 Å². The molecular weight excluding hydrogens is 212 g/mol. The summed E-state index contributed by atoms with van der Waals surface area (Å²) in [5.41, 5.74) is 2.30. The lowest BCUT2D eigenvalue weighted by molar-refractivity contribution is -0.116. The Morgan fingerprint density at radius 2 is 1.82 bits per heavy atom. The molecule has 0 spiro atoms. The number of carbonyl (C=O) groups excluding carboxylic acids is 1. The van der Waals surface area contributed by atoms with Gasteiger partial charge in [0.15, 0.2) is 0 Å². The molecule has 0 fully saturated rings. The van der Waals surface area contributed by atoms with Gasteiger partial charge in [0.1, 0.15) is 11.5 Å². The number of hydrogen-bond donors (Lipinski definition) is 0. The van der Waals surface area contributed by atoms with E-state index >= 15 is 0 Å². The SMILES string of the molecule is C=C(C)CCOc1ccc(CCC(C)=O)cc1. The van der Waals surface area contributed by atoms with Gasteiger partial charge in [-0.3, -0.25) is 0 Å². The average Bonchev–Trinajstić information content (AvgIpc) is 2.27. The van der Waals surface area contributed by atoms with Gasteiger partial charge in [0.2, 0.25) is 0 Å². The van der Waals surface area contributed by atoms with E-state index in [0.717, 1.165) is 24.2 Å². The summed E-state index contributed by atoms with van der Waals surface area (Å²) in [6, 6.07) is 7.93. The van der Waals surface area contributed by atoms with Crippen LogP contribution in [0.25, 0.3) is 0 Å². The third-order valence-electron chi connectivity index (χ3n) is 2.49. The van der Waals surface area contributed by atoms with Gasteiger partial charge in [-0.15, -0.1) is 6.58 Å². The van der Waals surface area contributed by atoms with Crippen LogP contribution in [0.15, 0.2) is 36.4 Å². The summed E-state index contributed by atoms with van der Waals surface area (Å²) in [7, 11) is 0. The van der Waals surface area contributed by atoms with Crippen molar-refractivity contribution in [3.63, 3.8) is 0 Å². The summed E-state index contributed by atoms with van der Waals surface area (Å²) in [5.74, 6) is 1.10. The van der Waals surface area contributed by atoms with Crippen LogP contribution in [0.5, 0.6) is 5.75 Å². The molecular formula is C15H20O2. The Bertz CT molecular complexity index is 376. The molecule has 0 N–H and O–H groups in total. The molecule has 0 radical (unpaired) electrons. The van der Waals surface area contributed by atoms with Crippen LogP contribution >= 0.6 is 0 Å². The molecule has 1 rings (SSSR count). The third kappa shape index (κ3) is 5.91. The minimum absolute atomic E-state index is 0.229. The van der Waals surface area contributed by atoms with Gasteiger partial charge in [0.25, 0.3) is 0 Å². The first-order valence-electron chi connectivity index (χ1n) is 5.93. The van der Waals surface area contributed by atoms with E-state index in [-0.39, 0.29) is 5.78 Å². The van der Waals surface area contributed by atoms with E-state index in [2.05, 4.69) is 6.58 Å². The second-order valence-electron chi connectivity index (χ2n) is 4.40. The lowest BCUT2D eigenvalue weighted by Crippen LogP contribution is -1.98. The number of carbonyl (C=O) groups is 1. The van der Waals surface area contributed by atoms with Crippen molar-refractivity contribution >= 4 is 5.78 Å². The molecule has 0 aromatic heterocycles. The van der Waals surface area contributed by atoms with Crippen LogP contribution in [-0.2, 0) is 11.2 Å². The number of rotatable bonds is 7. The summed E-state index contributed by atoms with van der Waals surface area (Å²) in [4.78, 5) is 10.9. The van der Waals surface area contributed by atoms with Gasteiger partial charge >= 0.3 is 0 Å². The molecule has 2 nitrogen and oxygen atoms in total. The molecule has 0 heterocycles. The lowest BCUT2D eigenvalue weighted by Gasteiger charge is -2.06. The molecule has 0 aliphatic heterocycles. The monoisotopic (exact) mass is 232 g/mol. The Hall–Kier alpha value is -1.57. The standard InChI is InChI=1S/C15H20O2/c1-12(2)10-11-17-15-8-6-14(7-9-15)5-4-13(3)16/h6-9H,1,4-5,10-11H2,2-3H3. The Balaban J connectivity index is 2.39. The zero-order valence-corrected chi connectivity index (χ0v) is 10.7. The quantitative estimate of drug-likeness (QED) is 0.672. The molecule has 0 saturated heterocycles. The Labute approximate surface area is 103 Å². The maximum Gasteiger partial charge on any atom is 0.130 e. The van der Waals surface area contributed by atoms with E-state index in [1.54, 1.807) is 6.92 Å². The first kappa shape index (κ1) is 13.5. The summed E-state index contributed by atoms with van der Waals surface area (Å²) in [5, 5.41) is 0. The fraction of sp³-hybridized carbons (Fsp3) is 0.400. The molecule has 1 aromatic carbocycles. The van der Waals surface area contributed by atoms with Crippen molar-refractivity contribution in [2.24, 2.45) is 0 Å². The Morgan fingerprint density at radius 1 is 1.18 bits per heavy atom. The maximum absolute atomic E-state index is 10.9. The molecule has 0 unspecified atom stereocenters.